The lowest BCUT2D eigenvalue weighted by Gasteiger charge is -2.57. The van der Waals surface area contributed by atoms with Crippen LogP contribution >= 0.6 is 31.9 Å². The van der Waals surface area contributed by atoms with E-state index in [-0.39, 0.29) is 17.6 Å². The molecule has 2 aromatic carbocycles. The van der Waals surface area contributed by atoms with E-state index in [0.29, 0.717) is 50.1 Å². The van der Waals surface area contributed by atoms with Gasteiger partial charge in [0.2, 0.25) is 0 Å². The number of piperidine rings is 2. The molecule has 2 bridgehead atoms. The molecule has 2 fully saturated rings. The van der Waals surface area contributed by atoms with E-state index in [0.717, 1.165) is 21.8 Å². The highest BCUT2D eigenvalue weighted by molar-refractivity contribution is 9.10. The summed E-state index contributed by atoms with van der Waals surface area (Å²) in [6.45, 7) is 5.48. The quantitative estimate of drug-likeness (QED) is 0.417. The predicted octanol–water partition coefficient (Wildman–Crippen LogP) is 5.97. The Bertz CT molecular complexity index is 1020. The van der Waals surface area contributed by atoms with Crippen molar-refractivity contribution in [2.24, 2.45) is 10.8 Å². The van der Waals surface area contributed by atoms with E-state index in [1.54, 1.807) is 0 Å². The van der Waals surface area contributed by atoms with Crippen LogP contribution in [0.3, 0.4) is 0 Å². The van der Waals surface area contributed by atoms with E-state index in [1.165, 1.54) is 0 Å². The Hall–Kier alpha value is -1.99. The molecule has 2 aliphatic rings. The third kappa shape index (κ3) is 4.37. The largest absolute Gasteiger partial charge is 0.336 e. The van der Waals surface area contributed by atoms with Gasteiger partial charge in [0.1, 0.15) is 0 Å². The molecule has 2 heterocycles. The number of ketones is 1. The summed E-state index contributed by atoms with van der Waals surface area (Å²) in [5, 5.41) is 0. The monoisotopic (exact) mass is 588 g/mol. The molecule has 0 N–H and O–H groups in total. The van der Waals surface area contributed by atoms with Crippen LogP contribution in [0.2, 0.25) is 0 Å². The van der Waals surface area contributed by atoms with Gasteiger partial charge in [0, 0.05) is 35.1 Å². The molecule has 5 nitrogen and oxygen atoms in total. The summed E-state index contributed by atoms with van der Waals surface area (Å²) in [7, 11) is 0. The van der Waals surface area contributed by atoms with Crippen LogP contribution in [0.25, 0.3) is 0 Å². The molecule has 0 atom stereocenters. The summed E-state index contributed by atoms with van der Waals surface area (Å²) >= 11 is 7.03. The molecule has 0 aromatic heterocycles. The van der Waals surface area contributed by atoms with Gasteiger partial charge in [-0.2, -0.15) is 0 Å². The minimum absolute atomic E-state index is 0.0634. The van der Waals surface area contributed by atoms with E-state index in [9.17, 15) is 14.4 Å². The first-order valence-corrected chi connectivity index (χ1v) is 13.5. The summed E-state index contributed by atoms with van der Waals surface area (Å²) in [5.74, 6) is 0.106. The van der Waals surface area contributed by atoms with E-state index in [4.69, 9.17) is 0 Å². The fourth-order valence-corrected chi connectivity index (χ4v) is 6.83. The Morgan fingerprint density at radius 1 is 0.735 bits per heavy atom. The van der Waals surface area contributed by atoms with Gasteiger partial charge >= 0.3 is 0 Å². The average molecular weight is 590 g/mol. The zero-order chi connectivity index (χ0) is 24.5. The summed E-state index contributed by atoms with van der Waals surface area (Å²) in [6, 6.07) is 14.9. The van der Waals surface area contributed by atoms with E-state index >= 15 is 0 Å². The van der Waals surface area contributed by atoms with Gasteiger partial charge in [-0.05, 0) is 69.0 Å². The number of likely N-dealkylation sites (tertiary alicyclic amines) is 2. The molecular formula is C27H30Br2N2O3. The van der Waals surface area contributed by atoms with Crippen molar-refractivity contribution in [3.05, 3.63) is 68.6 Å². The molecule has 2 aliphatic heterocycles. The third-order valence-electron chi connectivity index (χ3n) is 7.18. The molecular weight excluding hydrogens is 560 g/mol. The molecule has 2 amide bonds. The second kappa shape index (κ2) is 9.94. The maximum Gasteiger partial charge on any atom is 0.255 e. The number of amides is 2. The van der Waals surface area contributed by atoms with Gasteiger partial charge in [0.05, 0.1) is 22.0 Å². The molecule has 7 heteroatoms. The Balaban J connectivity index is 1.75. The van der Waals surface area contributed by atoms with Crippen LogP contribution in [0.5, 0.6) is 0 Å². The van der Waals surface area contributed by atoms with Crippen molar-refractivity contribution in [2.45, 2.75) is 39.5 Å². The normalized spacial score (nSPS) is 24.3. The Kier molecular flexibility index (Phi) is 7.34. The van der Waals surface area contributed by atoms with Crippen LogP contribution in [0.4, 0.5) is 0 Å². The van der Waals surface area contributed by atoms with Gasteiger partial charge in [-0.3, -0.25) is 14.4 Å². The molecule has 2 saturated heterocycles. The highest BCUT2D eigenvalue weighted by Crippen LogP contribution is 2.48. The van der Waals surface area contributed by atoms with Gasteiger partial charge in [-0.1, -0.05) is 51.0 Å². The van der Waals surface area contributed by atoms with Crippen molar-refractivity contribution in [1.82, 2.24) is 9.80 Å². The number of halogens is 2. The first-order chi connectivity index (χ1) is 16.3. The molecule has 180 valence electrons. The van der Waals surface area contributed by atoms with Crippen molar-refractivity contribution < 1.29 is 14.4 Å². The number of nitrogens with zero attached hydrogens (tertiary/aromatic N) is 2. The SMILES string of the molecule is CCCC12CN(C(=O)c3ccccc3Br)CC(CCC)(CN(C(=O)c3ccccc3Br)C1)C2=O. The molecule has 0 aliphatic carbocycles. The summed E-state index contributed by atoms with van der Waals surface area (Å²) in [4.78, 5) is 45.1. The lowest BCUT2D eigenvalue weighted by Crippen LogP contribution is -2.71. The molecule has 0 radical (unpaired) electrons. The standard InChI is InChI=1S/C27H30Br2N2O3/c1-3-13-26-15-30(23(32)19-9-5-7-11-21(19)28)17-27(14-4-2,25(26)34)18-31(16-26)24(33)20-10-6-8-12-22(20)29/h5-12H,3-4,13-18H2,1-2H3. The zero-order valence-electron chi connectivity index (χ0n) is 19.7. The van der Waals surface area contributed by atoms with Crippen molar-refractivity contribution in [3.63, 3.8) is 0 Å². The molecule has 0 unspecified atom stereocenters. The summed E-state index contributed by atoms with van der Waals surface area (Å²) in [5.41, 5.74) is -0.300. The van der Waals surface area contributed by atoms with Crippen LogP contribution in [-0.4, -0.2) is 53.6 Å². The van der Waals surface area contributed by atoms with Crippen LogP contribution in [0, 0.1) is 10.8 Å². The minimum atomic E-state index is -0.756. The fourth-order valence-electron chi connectivity index (χ4n) is 5.92. The van der Waals surface area contributed by atoms with E-state index < -0.39 is 10.8 Å². The smallest absolute Gasteiger partial charge is 0.255 e. The lowest BCUT2D eigenvalue weighted by molar-refractivity contribution is -0.158. The number of carbonyl (C=O) groups excluding carboxylic acids is 3. The van der Waals surface area contributed by atoms with Crippen LogP contribution in [0.1, 0.15) is 60.2 Å². The number of carbonyl (C=O) groups is 3. The number of Topliss-reactive ketones (excluding diaryl/α,β-unsaturated/α-hetero) is 1. The van der Waals surface area contributed by atoms with E-state index in [2.05, 4.69) is 45.7 Å². The molecule has 0 saturated carbocycles. The molecule has 2 aromatic rings. The summed E-state index contributed by atoms with van der Waals surface area (Å²) in [6.07, 6.45) is 2.91. The average Bonchev–Trinajstić information content (AvgIpc) is 2.81. The molecule has 34 heavy (non-hydrogen) atoms. The second-order valence-corrected chi connectivity index (χ2v) is 11.4. The predicted molar refractivity (Wildman–Crippen MR) is 140 cm³/mol. The first kappa shape index (κ1) is 25.1. The molecule has 0 spiro atoms. The van der Waals surface area contributed by atoms with Crippen molar-refractivity contribution in [1.29, 1.82) is 0 Å². The maximum absolute atomic E-state index is 14.1. The van der Waals surface area contributed by atoms with Gasteiger partial charge in [-0.15, -0.1) is 0 Å². The first-order valence-electron chi connectivity index (χ1n) is 11.9. The number of fused-ring (bicyclic) bond motifs is 2. The van der Waals surface area contributed by atoms with Crippen molar-refractivity contribution in [2.75, 3.05) is 26.2 Å². The summed E-state index contributed by atoms with van der Waals surface area (Å²) < 4.78 is 1.50. The van der Waals surface area contributed by atoms with E-state index in [1.807, 2.05) is 58.3 Å². The lowest BCUT2D eigenvalue weighted by atomic mass is 9.59. The van der Waals surface area contributed by atoms with Crippen LogP contribution in [0.15, 0.2) is 57.5 Å². The third-order valence-corrected chi connectivity index (χ3v) is 8.56. The second-order valence-electron chi connectivity index (χ2n) is 9.67. The minimum Gasteiger partial charge on any atom is -0.336 e. The van der Waals surface area contributed by atoms with Gasteiger partial charge in [0.15, 0.2) is 5.78 Å². The van der Waals surface area contributed by atoms with Gasteiger partial charge in [0.25, 0.3) is 11.8 Å². The highest BCUT2D eigenvalue weighted by atomic mass is 79.9. The van der Waals surface area contributed by atoms with Gasteiger partial charge < -0.3 is 9.80 Å². The fraction of sp³-hybridized carbons (Fsp3) is 0.444. The Morgan fingerprint density at radius 3 is 1.41 bits per heavy atom. The number of hydrogen-bond donors (Lipinski definition) is 0. The number of rotatable bonds is 6. The maximum atomic E-state index is 14.1. The van der Waals surface area contributed by atoms with Gasteiger partial charge in [-0.25, -0.2) is 0 Å². The Labute approximate surface area is 218 Å². The zero-order valence-corrected chi connectivity index (χ0v) is 22.8. The topological polar surface area (TPSA) is 57.7 Å². The Morgan fingerprint density at radius 2 is 1.09 bits per heavy atom. The highest BCUT2D eigenvalue weighted by Gasteiger charge is 2.60. The van der Waals surface area contributed by atoms with Crippen LogP contribution in [-0.2, 0) is 4.79 Å². The number of benzene rings is 2. The van der Waals surface area contributed by atoms with Crippen molar-refractivity contribution >= 4 is 49.5 Å². The van der Waals surface area contributed by atoms with Crippen molar-refractivity contribution in [3.8, 4) is 0 Å². The number of hydrogen-bond acceptors (Lipinski definition) is 3. The molecule has 4 rings (SSSR count). The van der Waals surface area contributed by atoms with Crippen LogP contribution < -0.4 is 0 Å².